The summed E-state index contributed by atoms with van der Waals surface area (Å²) in [5.41, 5.74) is 19.6. The maximum atomic E-state index is 2.44. The highest BCUT2D eigenvalue weighted by atomic mass is 15.1. The Kier molecular flexibility index (Phi) is 12.3. The van der Waals surface area contributed by atoms with E-state index in [0.717, 1.165) is 47.2 Å². The van der Waals surface area contributed by atoms with E-state index >= 15 is 0 Å². The standard InChI is InChI=1S/C69H61N5/c1-6-73-64-24-16-14-22-60(64)62-46-52(34-44-66(62)73)68(48-26-36-56(37-27-48)70(3)54-18-10-8-11-19-54)50-30-40-58(41-31-50)72(5)59-42-32-51(33-43-59)69(49-28-38-57(39-29-49)71(4)55-20-12-9-13-21-55)53-35-45-67-63(47-53)61-23-15-17-25-65(61)74(67)7-2/h8-47,68-69H,6-7H2,1-5H3. The number of rotatable bonds is 14. The third-order valence-electron chi connectivity index (χ3n) is 15.6. The van der Waals surface area contributed by atoms with E-state index in [1.54, 1.807) is 0 Å². The minimum absolute atomic E-state index is 0.0281. The number of hydrogen-bond acceptors (Lipinski definition) is 3. The number of anilines is 6. The van der Waals surface area contributed by atoms with Crippen LogP contribution in [-0.4, -0.2) is 30.3 Å². The zero-order valence-electron chi connectivity index (χ0n) is 42.9. The van der Waals surface area contributed by atoms with Gasteiger partial charge in [0.15, 0.2) is 0 Å². The summed E-state index contributed by atoms with van der Waals surface area (Å²) in [6.45, 7) is 6.32. The molecule has 362 valence electrons. The number of aromatic nitrogens is 2. The predicted octanol–water partition coefficient (Wildman–Crippen LogP) is 17.6. The van der Waals surface area contributed by atoms with Crippen molar-refractivity contribution in [3.63, 3.8) is 0 Å². The van der Waals surface area contributed by atoms with Crippen molar-refractivity contribution in [2.45, 2.75) is 38.8 Å². The summed E-state index contributed by atoms with van der Waals surface area (Å²) in [5, 5.41) is 5.18. The lowest BCUT2D eigenvalue weighted by Gasteiger charge is -2.25. The molecule has 0 fully saturated rings. The molecule has 0 saturated heterocycles. The molecule has 2 heterocycles. The number of hydrogen-bond donors (Lipinski definition) is 0. The van der Waals surface area contributed by atoms with Crippen molar-refractivity contribution >= 4 is 77.7 Å². The molecule has 0 bridgehead atoms. The second-order valence-corrected chi connectivity index (χ2v) is 19.7. The Hall–Kier alpha value is -8.80. The van der Waals surface area contributed by atoms with E-state index in [2.05, 4.69) is 301 Å². The first-order chi connectivity index (χ1) is 36.4. The fourth-order valence-electron chi connectivity index (χ4n) is 11.6. The van der Waals surface area contributed by atoms with Crippen LogP contribution in [0.5, 0.6) is 0 Å². The molecule has 2 aromatic heterocycles. The van der Waals surface area contributed by atoms with Crippen LogP contribution >= 0.6 is 0 Å². The largest absolute Gasteiger partial charge is 0.345 e. The average Bonchev–Trinajstić information content (AvgIpc) is 3.97. The summed E-state index contributed by atoms with van der Waals surface area (Å²) in [4.78, 5) is 6.80. The van der Waals surface area contributed by atoms with E-state index in [0.29, 0.717) is 0 Å². The average molecular weight is 960 g/mol. The quantitative estimate of drug-likeness (QED) is 0.101. The van der Waals surface area contributed by atoms with E-state index in [-0.39, 0.29) is 11.8 Å². The van der Waals surface area contributed by atoms with Gasteiger partial charge in [-0.15, -0.1) is 0 Å². The summed E-state index contributed by atoms with van der Waals surface area (Å²) < 4.78 is 4.87. The van der Waals surface area contributed by atoms with Crippen molar-refractivity contribution in [1.82, 2.24) is 9.13 Å². The fraction of sp³-hybridized carbons (Fsp3) is 0.130. The Balaban J connectivity index is 0.881. The molecule has 74 heavy (non-hydrogen) atoms. The molecule has 0 spiro atoms. The van der Waals surface area contributed by atoms with Crippen LogP contribution < -0.4 is 14.7 Å². The molecular formula is C69H61N5. The van der Waals surface area contributed by atoms with Crippen molar-refractivity contribution < 1.29 is 0 Å². The second kappa shape index (κ2) is 19.7. The molecule has 2 unspecified atom stereocenters. The van der Waals surface area contributed by atoms with Crippen LogP contribution in [0.3, 0.4) is 0 Å². The molecule has 0 N–H and O–H groups in total. The molecular weight excluding hydrogens is 899 g/mol. The Morgan fingerprint density at radius 3 is 0.838 bits per heavy atom. The van der Waals surface area contributed by atoms with Gasteiger partial charge in [-0.1, -0.05) is 133 Å². The lowest BCUT2D eigenvalue weighted by atomic mass is 9.84. The Labute approximate surface area is 435 Å². The molecule has 0 amide bonds. The highest BCUT2D eigenvalue weighted by molar-refractivity contribution is 6.09. The summed E-state index contributed by atoms with van der Waals surface area (Å²) in [7, 11) is 6.45. The molecule has 0 aliphatic carbocycles. The molecule has 10 aromatic carbocycles. The molecule has 0 saturated carbocycles. The Bertz CT molecular complexity index is 3630. The fourth-order valence-corrected chi connectivity index (χ4v) is 11.6. The number of nitrogens with zero attached hydrogens (tertiary/aromatic N) is 5. The molecule has 0 aliphatic heterocycles. The molecule has 5 heteroatoms. The van der Waals surface area contributed by atoms with Gasteiger partial charge in [0, 0.05) is 124 Å². The highest BCUT2D eigenvalue weighted by Crippen LogP contribution is 2.41. The van der Waals surface area contributed by atoms with Crippen LogP contribution in [0.2, 0.25) is 0 Å². The van der Waals surface area contributed by atoms with Gasteiger partial charge in [-0.2, -0.15) is 0 Å². The summed E-state index contributed by atoms with van der Waals surface area (Å²) >= 11 is 0. The maximum absolute atomic E-state index is 2.44. The van der Waals surface area contributed by atoms with Crippen molar-refractivity contribution in [3.05, 3.63) is 276 Å². The first-order valence-corrected chi connectivity index (χ1v) is 26.1. The lowest BCUT2D eigenvalue weighted by molar-refractivity contribution is 0.827. The minimum Gasteiger partial charge on any atom is -0.345 e. The van der Waals surface area contributed by atoms with Gasteiger partial charge in [-0.25, -0.2) is 0 Å². The predicted molar refractivity (Wildman–Crippen MR) is 315 cm³/mol. The summed E-state index contributed by atoms with van der Waals surface area (Å²) in [6.07, 6.45) is 0. The van der Waals surface area contributed by atoms with Crippen LogP contribution in [-0.2, 0) is 13.1 Å². The van der Waals surface area contributed by atoms with Crippen molar-refractivity contribution in [3.8, 4) is 0 Å². The van der Waals surface area contributed by atoms with E-state index in [9.17, 15) is 0 Å². The number of fused-ring (bicyclic) bond motifs is 6. The Morgan fingerprint density at radius 2 is 0.527 bits per heavy atom. The zero-order valence-corrected chi connectivity index (χ0v) is 42.9. The third-order valence-corrected chi connectivity index (χ3v) is 15.6. The Morgan fingerprint density at radius 1 is 0.270 bits per heavy atom. The van der Waals surface area contributed by atoms with Crippen molar-refractivity contribution in [1.29, 1.82) is 0 Å². The van der Waals surface area contributed by atoms with E-state index in [4.69, 9.17) is 0 Å². The van der Waals surface area contributed by atoms with E-state index in [1.165, 1.54) is 77.0 Å². The molecule has 12 aromatic rings. The van der Waals surface area contributed by atoms with Gasteiger partial charge in [0.25, 0.3) is 0 Å². The van der Waals surface area contributed by atoms with E-state index in [1.807, 2.05) is 0 Å². The SMILES string of the molecule is CCn1c2ccccc2c2cc(C(c3ccc(N(C)c4ccccc4)cc3)c3ccc(N(C)c4ccc(C(c5ccc(N(C)c6ccccc6)cc5)c5ccc6c(c5)c5ccccc5n6CC)cc4)cc3)ccc21. The molecule has 0 radical (unpaired) electrons. The molecule has 5 nitrogen and oxygen atoms in total. The smallest absolute Gasteiger partial charge is 0.0491 e. The normalized spacial score (nSPS) is 12.4. The van der Waals surface area contributed by atoms with Crippen LogP contribution in [0.15, 0.2) is 243 Å². The lowest BCUT2D eigenvalue weighted by Crippen LogP contribution is -2.11. The van der Waals surface area contributed by atoms with Gasteiger partial charge in [-0.05, 0) is 156 Å². The van der Waals surface area contributed by atoms with Gasteiger partial charge >= 0.3 is 0 Å². The van der Waals surface area contributed by atoms with Gasteiger partial charge < -0.3 is 23.8 Å². The van der Waals surface area contributed by atoms with Crippen LogP contribution in [0.1, 0.15) is 59.1 Å². The zero-order chi connectivity index (χ0) is 50.3. The molecule has 2 atom stereocenters. The number of benzene rings is 10. The molecule has 0 aliphatic rings. The van der Waals surface area contributed by atoms with Gasteiger partial charge in [0.05, 0.1) is 0 Å². The van der Waals surface area contributed by atoms with E-state index < -0.39 is 0 Å². The topological polar surface area (TPSA) is 19.6 Å². The molecule has 12 rings (SSSR count). The van der Waals surface area contributed by atoms with Crippen molar-refractivity contribution in [2.75, 3.05) is 35.8 Å². The second-order valence-electron chi connectivity index (χ2n) is 19.7. The van der Waals surface area contributed by atoms with Crippen molar-refractivity contribution in [2.24, 2.45) is 0 Å². The monoisotopic (exact) mass is 959 g/mol. The third kappa shape index (κ3) is 8.34. The van der Waals surface area contributed by atoms with Crippen LogP contribution in [0, 0.1) is 0 Å². The van der Waals surface area contributed by atoms with Crippen LogP contribution in [0.4, 0.5) is 34.1 Å². The highest BCUT2D eigenvalue weighted by Gasteiger charge is 2.23. The number of aryl methyl sites for hydroxylation is 2. The first-order valence-electron chi connectivity index (χ1n) is 26.1. The van der Waals surface area contributed by atoms with Crippen LogP contribution in [0.25, 0.3) is 43.6 Å². The first kappa shape index (κ1) is 46.3. The summed E-state index contributed by atoms with van der Waals surface area (Å²) in [5.74, 6) is 0.0562. The summed E-state index contributed by atoms with van der Waals surface area (Å²) in [6, 6.07) is 89.7. The van der Waals surface area contributed by atoms with Gasteiger partial charge in [0.2, 0.25) is 0 Å². The van der Waals surface area contributed by atoms with Gasteiger partial charge in [-0.3, -0.25) is 0 Å². The van der Waals surface area contributed by atoms with Gasteiger partial charge in [0.1, 0.15) is 0 Å². The number of para-hydroxylation sites is 4. The minimum atomic E-state index is 0.0281. The maximum Gasteiger partial charge on any atom is 0.0491 e.